The third-order valence-electron chi connectivity index (χ3n) is 4.14. The summed E-state index contributed by atoms with van der Waals surface area (Å²) in [4.78, 5) is 16.8. The molecule has 2 heterocycles. The van der Waals surface area contributed by atoms with Gasteiger partial charge in [-0.1, -0.05) is 43.3 Å². The maximum absolute atomic E-state index is 12.7. The fraction of sp³-hybridized carbons (Fsp3) is 0.250. The second kappa shape index (κ2) is 7.30. The van der Waals surface area contributed by atoms with Crippen molar-refractivity contribution in [3.05, 3.63) is 83.0 Å². The first-order valence-corrected chi connectivity index (χ1v) is 8.29. The third kappa shape index (κ3) is 3.76. The normalized spacial score (nSPS) is 12.2. The lowest BCUT2D eigenvalue weighted by Gasteiger charge is -2.21. The van der Waals surface area contributed by atoms with Crippen LogP contribution in [0.4, 0.5) is 0 Å². The van der Waals surface area contributed by atoms with Gasteiger partial charge < -0.3 is 9.84 Å². The summed E-state index contributed by atoms with van der Waals surface area (Å²) in [5.41, 5.74) is 3.39. The van der Waals surface area contributed by atoms with Gasteiger partial charge in [0, 0.05) is 24.4 Å². The van der Waals surface area contributed by atoms with Crippen molar-refractivity contribution in [2.75, 3.05) is 0 Å². The summed E-state index contributed by atoms with van der Waals surface area (Å²) in [5.74, 6) is 0.614. The number of nitrogens with one attached hydrogen (secondary N) is 1. The van der Waals surface area contributed by atoms with Gasteiger partial charge in [-0.25, -0.2) is 0 Å². The van der Waals surface area contributed by atoms with Gasteiger partial charge >= 0.3 is 0 Å². The highest BCUT2D eigenvalue weighted by molar-refractivity contribution is 5.92. The number of aryl methyl sites for hydroxylation is 1. The SMILES string of the molecule is Cc1ccccc1[C@H](NC(=O)c1cc(C(C)C)on1)c1ccncc1. The largest absolute Gasteiger partial charge is 0.360 e. The number of carbonyl (C=O) groups excluding carboxylic acids is 1. The number of hydrogen-bond acceptors (Lipinski definition) is 4. The van der Waals surface area contributed by atoms with Crippen LogP contribution in [0.3, 0.4) is 0 Å². The Hall–Kier alpha value is -2.95. The van der Waals surface area contributed by atoms with Crippen LogP contribution in [0, 0.1) is 6.92 Å². The van der Waals surface area contributed by atoms with Crippen LogP contribution in [0.1, 0.15) is 58.7 Å². The van der Waals surface area contributed by atoms with Gasteiger partial charge in [-0.2, -0.15) is 0 Å². The first kappa shape index (κ1) is 16.9. The molecule has 0 fully saturated rings. The molecule has 5 heteroatoms. The number of benzene rings is 1. The number of aromatic nitrogens is 2. The van der Waals surface area contributed by atoms with Gasteiger partial charge in [0.25, 0.3) is 5.91 Å². The predicted molar refractivity (Wildman–Crippen MR) is 95.3 cm³/mol. The van der Waals surface area contributed by atoms with Gasteiger partial charge in [-0.15, -0.1) is 0 Å². The van der Waals surface area contributed by atoms with Crippen molar-refractivity contribution in [3.63, 3.8) is 0 Å². The van der Waals surface area contributed by atoms with Crippen molar-refractivity contribution in [3.8, 4) is 0 Å². The van der Waals surface area contributed by atoms with Crippen molar-refractivity contribution in [1.82, 2.24) is 15.5 Å². The summed E-state index contributed by atoms with van der Waals surface area (Å²) >= 11 is 0. The van der Waals surface area contributed by atoms with Gasteiger partial charge in [-0.3, -0.25) is 9.78 Å². The van der Waals surface area contributed by atoms with Crippen LogP contribution in [-0.2, 0) is 0 Å². The highest BCUT2D eigenvalue weighted by Gasteiger charge is 2.22. The molecule has 0 unspecified atom stereocenters. The van der Waals surface area contributed by atoms with Crippen LogP contribution in [-0.4, -0.2) is 16.0 Å². The molecule has 0 spiro atoms. The van der Waals surface area contributed by atoms with E-state index >= 15 is 0 Å². The highest BCUT2D eigenvalue weighted by Crippen LogP contribution is 2.25. The Balaban J connectivity index is 1.92. The van der Waals surface area contributed by atoms with Crippen molar-refractivity contribution >= 4 is 5.91 Å². The van der Waals surface area contributed by atoms with E-state index in [1.165, 1.54) is 0 Å². The second-order valence-electron chi connectivity index (χ2n) is 6.31. The molecule has 1 atom stereocenters. The van der Waals surface area contributed by atoms with Crippen molar-refractivity contribution < 1.29 is 9.32 Å². The van der Waals surface area contributed by atoms with E-state index in [2.05, 4.69) is 15.5 Å². The van der Waals surface area contributed by atoms with Gasteiger partial charge in [0.15, 0.2) is 5.69 Å². The van der Waals surface area contributed by atoms with Crippen LogP contribution < -0.4 is 5.32 Å². The van der Waals surface area contributed by atoms with Crippen LogP contribution >= 0.6 is 0 Å². The van der Waals surface area contributed by atoms with Gasteiger partial charge in [0.2, 0.25) is 0 Å². The first-order valence-electron chi connectivity index (χ1n) is 8.29. The van der Waals surface area contributed by atoms with Gasteiger partial charge in [0.1, 0.15) is 5.76 Å². The third-order valence-corrected chi connectivity index (χ3v) is 4.14. The average molecular weight is 335 g/mol. The van der Waals surface area contributed by atoms with Gasteiger partial charge in [-0.05, 0) is 35.7 Å². The molecule has 3 rings (SSSR count). The number of rotatable bonds is 5. The molecule has 0 saturated heterocycles. The fourth-order valence-electron chi connectivity index (χ4n) is 2.68. The number of pyridine rings is 1. The molecule has 0 aliphatic rings. The number of nitrogens with zero attached hydrogens (tertiary/aromatic N) is 2. The van der Waals surface area contributed by atoms with Crippen LogP contribution in [0.15, 0.2) is 59.4 Å². The summed E-state index contributed by atoms with van der Waals surface area (Å²) in [6.45, 7) is 6.02. The molecule has 1 aromatic carbocycles. The minimum Gasteiger partial charge on any atom is -0.360 e. The van der Waals surface area contributed by atoms with Crippen molar-refractivity contribution in [1.29, 1.82) is 0 Å². The summed E-state index contributed by atoms with van der Waals surface area (Å²) in [6.07, 6.45) is 3.44. The Morgan fingerprint density at radius 1 is 1.12 bits per heavy atom. The highest BCUT2D eigenvalue weighted by atomic mass is 16.5. The molecule has 0 aliphatic carbocycles. The van der Waals surface area contributed by atoms with Crippen LogP contribution in [0.5, 0.6) is 0 Å². The second-order valence-corrected chi connectivity index (χ2v) is 6.31. The van der Waals surface area contributed by atoms with E-state index in [0.29, 0.717) is 5.76 Å². The standard InChI is InChI=1S/C20H21N3O2/c1-13(2)18-12-17(23-25-18)20(24)22-19(15-8-10-21-11-9-15)16-7-5-4-6-14(16)3/h4-13,19H,1-3H3,(H,22,24)/t19-/m1/s1. The maximum Gasteiger partial charge on any atom is 0.274 e. The minimum absolute atomic E-state index is 0.182. The van der Waals surface area contributed by atoms with Crippen LogP contribution in [0.25, 0.3) is 0 Å². The lowest BCUT2D eigenvalue weighted by molar-refractivity contribution is 0.0933. The van der Waals surface area contributed by atoms with E-state index in [4.69, 9.17) is 4.52 Å². The molecular formula is C20H21N3O2. The topological polar surface area (TPSA) is 68.0 Å². The Kier molecular flexibility index (Phi) is 4.93. The molecule has 0 radical (unpaired) electrons. The van der Waals surface area contributed by atoms with Crippen molar-refractivity contribution in [2.24, 2.45) is 0 Å². The Morgan fingerprint density at radius 3 is 2.48 bits per heavy atom. The molecule has 25 heavy (non-hydrogen) atoms. The monoisotopic (exact) mass is 335 g/mol. The van der Waals surface area contributed by atoms with E-state index in [9.17, 15) is 4.79 Å². The van der Waals surface area contributed by atoms with Gasteiger partial charge in [0.05, 0.1) is 6.04 Å². The Labute approximate surface area is 147 Å². The molecule has 1 N–H and O–H groups in total. The van der Waals surface area contributed by atoms with E-state index in [-0.39, 0.29) is 23.6 Å². The smallest absolute Gasteiger partial charge is 0.274 e. The Morgan fingerprint density at radius 2 is 1.84 bits per heavy atom. The van der Waals surface area contributed by atoms with Crippen LogP contribution in [0.2, 0.25) is 0 Å². The predicted octanol–water partition coefficient (Wildman–Crippen LogP) is 4.02. The number of carbonyl (C=O) groups is 1. The number of amides is 1. The maximum atomic E-state index is 12.7. The lowest BCUT2D eigenvalue weighted by atomic mass is 9.95. The quantitative estimate of drug-likeness (QED) is 0.764. The fourth-order valence-corrected chi connectivity index (χ4v) is 2.68. The zero-order valence-electron chi connectivity index (χ0n) is 14.6. The Bertz CT molecular complexity index is 856. The summed E-state index contributed by atoms with van der Waals surface area (Å²) in [5, 5.41) is 6.97. The van der Waals surface area contributed by atoms with E-state index in [1.54, 1.807) is 18.5 Å². The minimum atomic E-state index is -0.282. The zero-order chi connectivity index (χ0) is 17.8. The molecule has 5 nitrogen and oxygen atoms in total. The summed E-state index contributed by atoms with van der Waals surface area (Å²) in [7, 11) is 0. The zero-order valence-corrected chi connectivity index (χ0v) is 14.6. The summed E-state index contributed by atoms with van der Waals surface area (Å²) in [6, 6.07) is 13.2. The molecule has 1 amide bonds. The molecule has 0 aliphatic heterocycles. The molecule has 2 aromatic heterocycles. The van der Waals surface area contributed by atoms with Crippen molar-refractivity contribution in [2.45, 2.75) is 32.7 Å². The summed E-state index contributed by atoms with van der Waals surface area (Å²) < 4.78 is 5.24. The molecular weight excluding hydrogens is 314 g/mol. The molecule has 128 valence electrons. The van der Waals surface area contributed by atoms with E-state index in [1.807, 2.05) is 57.2 Å². The number of hydrogen-bond donors (Lipinski definition) is 1. The first-order chi connectivity index (χ1) is 12.1. The molecule has 0 saturated carbocycles. The lowest BCUT2D eigenvalue weighted by Crippen LogP contribution is -2.30. The van der Waals surface area contributed by atoms with E-state index < -0.39 is 0 Å². The average Bonchev–Trinajstić information content (AvgIpc) is 3.12. The van der Waals surface area contributed by atoms with E-state index in [0.717, 1.165) is 16.7 Å². The molecule has 3 aromatic rings. The molecule has 0 bridgehead atoms.